The van der Waals surface area contributed by atoms with Crippen molar-refractivity contribution < 1.29 is 9.53 Å². The molecule has 0 aliphatic carbocycles. The molecular formula is C21H24N4O2S2. The van der Waals surface area contributed by atoms with Crippen molar-refractivity contribution >= 4 is 34.1 Å². The van der Waals surface area contributed by atoms with Crippen LogP contribution in [0.2, 0.25) is 0 Å². The summed E-state index contributed by atoms with van der Waals surface area (Å²) in [6.07, 6.45) is 4.28. The zero-order valence-corrected chi connectivity index (χ0v) is 18.4. The number of rotatable bonds is 9. The molecule has 1 aromatic carbocycles. The average molecular weight is 429 g/mol. The number of thiazole rings is 1. The molecule has 29 heavy (non-hydrogen) atoms. The monoisotopic (exact) mass is 428 g/mol. The minimum absolute atomic E-state index is 0.108. The Morgan fingerprint density at radius 2 is 1.83 bits per heavy atom. The molecule has 0 unspecified atom stereocenters. The molecule has 0 bridgehead atoms. The Bertz CT molecular complexity index is 935. The summed E-state index contributed by atoms with van der Waals surface area (Å²) in [5.41, 5.74) is 3.17. The van der Waals surface area contributed by atoms with Crippen LogP contribution in [-0.2, 0) is 24.1 Å². The highest BCUT2D eigenvalue weighted by Gasteiger charge is 2.10. The first-order chi connectivity index (χ1) is 14.1. The zero-order chi connectivity index (χ0) is 20.6. The Kier molecular flexibility index (Phi) is 7.60. The van der Waals surface area contributed by atoms with Crippen molar-refractivity contribution in [1.82, 2.24) is 15.0 Å². The molecule has 0 fully saturated rings. The summed E-state index contributed by atoms with van der Waals surface area (Å²) in [4.78, 5) is 26.7. The van der Waals surface area contributed by atoms with E-state index in [9.17, 15) is 4.79 Å². The standard InChI is InChI=1S/C21H24N4O2S2/c1-4-15-11-16(5-2)24-21(23-15)28-13-19(26)25-20-22-12-18(29-20)10-14-6-8-17(27-3)9-7-14/h6-9,11-12H,4-5,10,13H2,1-3H3,(H,22,25,26). The molecule has 0 aliphatic heterocycles. The number of ether oxygens (including phenoxy) is 1. The summed E-state index contributed by atoms with van der Waals surface area (Å²) in [5.74, 6) is 0.982. The third kappa shape index (κ3) is 6.27. The van der Waals surface area contributed by atoms with Crippen molar-refractivity contribution in [3.8, 4) is 5.75 Å². The highest BCUT2D eigenvalue weighted by molar-refractivity contribution is 7.99. The van der Waals surface area contributed by atoms with E-state index in [2.05, 4.69) is 34.1 Å². The summed E-state index contributed by atoms with van der Waals surface area (Å²) in [7, 11) is 1.65. The maximum atomic E-state index is 12.3. The maximum absolute atomic E-state index is 12.3. The number of carbonyl (C=O) groups is 1. The Balaban J connectivity index is 1.53. The van der Waals surface area contributed by atoms with Crippen LogP contribution in [0.4, 0.5) is 5.13 Å². The van der Waals surface area contributed by atoms with E-state index in [-0.39, 0.29) is 11.7 Å². The van der Waals surface area contributed by atoms with Crippen molar-refractivity contribution in [2.75, 3.05) is 18.2 Å². The number of nitrogens with one attached hydrogen (secondary N) is 1. The lowest BCUT2D eigenvalue weighted by Crippen LogP contribution is -2.14. The van der Waals surface area contributed by atoms with E-state index in [0.29, 0.717) is 10.3 Å². The second-order valence-corrected chi connectivity index (χ2v) is 8.39. The van der Waals surface area contributed by atoms with E-state index < -0.39 is 0 Å². The van der Waals surface area contributed by atoms with Crippen molar-refractivity contribution in [2.45, 2.75) is 38.3 Å². The first kappa shape index (κ1) is 21.3. The van der Waals surface area contributed by atoms with Crippen LogP contribution in [-0.4, -0.2) is 33.7 Å². The van der Waals surface area contributed by atoms with Crippen LogP contribution in [0.5, 0.6) is 5.75 Å². The molecule has 0 radical (unpaired) electrons. The molecule has 1 amide bonds. The molecule has 8 heteroatoms. The molecule has 2 heterocycles. The normalized spacial score (nSPS) is 10.7. The number of aryl methyl sites for hydroxylation is 2. The largest absolute Gasteiger partial charge is 0.497 e. The average Bonchev–Trinajstić information content (AvgIpc) is 3.19. The van der Waals surface area contributed by atoms with Gasteiger partial charge in [0.25, 0.3) is 0 Å². The van der Waals surface area contributed by atoms with Crippen LogP contribution < -0.4 is 10.1 Å². The van der Waals surface area contributed by atoms with Crippen LogP contribution in [0.1, 0.15) is 35.7 Å². The van der Waals surface area contributed by atoms with E-state index in [1.54, 1.807) is 13.3 Å². The number of thioether (sulfide) groups is 1. The highest BCUT2D eigenvalue weighted by Crippen LogP contribution is 2.23. The van der Waals surface area contributed by atoms with Gasteiger partial charge in [-0.05, 0) is 36.6 Å². The van der Waals surface area contributed by atoms with Gasteiger partial charge in [-0.3, -0.25) is 4.79 Å². The predicted octanol–water partition coefficient (Wildman–Crippen LogP) is 4.39. The van der Waals surface area contributed by atoms with Crippen LogP contribution in [0.3, 0.4) is 0 Å². The quantitative estimate of drug-likeness (QED) is 0.402. The number of anilines is 1. The second-order valence-electron chi connectivity index (χ2n) is 6.33. The minimum Gasteiger partial charge on any atom is -0.497 e. The minimum atomic E-state index is -0.108. The molecule has 0 aliphatic rings. The topological polar surface area (TPSA) is 77.0 Å². The zero-order valence-electron chi connectivity index (χ0n) is 16.8. The summed E-state index contributed by atoms with van der Waals surface area (Å²) in [6.45, 7) is 4.13. The van der Waals surface area contributed by atoms with E-state index in [0.717, 1.165) is 41.3 Å². The van der Waals surface area contributed by atoms with Crippen molar-refractivity contribution in [2.24, 2.45) is 0 Å². The van der Waals surface area contributed by atoms with Crippen molar-refractivity contribution in [3.05, 3.63) is 58.4 Å². The smallest absolute Gasteiger partial charge is 0.236 e. The van der Waals surface area contributed by atoms with Crippen molar-refractivity contribution in [1.29, 1.82) is 0 Å². The number of hydrogen-bond donors (Lipinski definition) is 1. The molecule has 2 aromatic heterocycles. The number of carbonyl (C=O) groups excluding carboxylic acids is 1. The Hall–Kier alpha value is -2.45. The Morgan fingerprint density at radius 3 is 2.45 bits per heavy atom. The van der Waals surface area contributed by atoms with Gasteiger partial charge in [0.05, 0.1) is 12.9 Å². The molecule has 0 spiro atoms. The lowest BCUT2D eigenvalue weighted by molar-refractivity contribution is -0.113. The van der Waals surface area contributed by atoms with Crippen LogP contribution >= 0.6 is 23.1 Å². The van der Waals surface area contributed by atoms with Crippen LogP contribution in [0.25, 0.3) is 0 Å². The SMILES string of the molecule is CCc1cc(CC)nc(SCC(=O)Nc2ncc(Cc3ccc(OC)cc3)s2)n1. The fourth-order valence-electron chi connectivity index (χ4n) is 2.63. The lowest BCUT2D eigenvalue weighted by atomic mass is 10.1. The molecule has 152 valence electrons. The van der Waals surface area contributed by atoms with Crippen LogP contribution in [0.15, 0.2) is 41.7 Å². The summed E-state index contributed by atoms with van der Waals surface area (Å²) in [6, 6.07) is 9.96. The van der Waals surface area contributed by atoms with Crippen LogP contribution in [0, 0.1) is 0 Å². The molecule has 0 saturated carbocycles. The van der Waals surface area contributed by atoms with Gasteiger partial charge < -0.3 is 10.1 Å². The summed E-state index contributed by atoms with van der Waals surface area (Å²) in [5, 5.41) is 4.12. The molecule has 3 rings (SSSR count). The van der Waals surface area contributed by atoms with Gasteiger partial charge in [-0.1, -0.05) is 37.7 Å². The summed E-state index contributed by atoms with van der Waals surface area (Å²) < 4.78 is 5.18. The number of benzene rings is 1. The molecular weight excluding hydrogens is 404 g/mol. The Morgan fingerprint density at radius 1 is 1.14 bits per heavy atom. The first-order valence-corrected chi connectivity index (χ1v) is 11.3. The van der Waals surface area contributed by atoms with Crippen molar-refractivity contribution in [3.63, 3.8) is 0 Å². The number of aromatic nitrogens is 3. The van der Waals surface area contributed by atoms with E-state index in [1.165, 1.54) is 28.7 Å². The van der Waals surface area contributed by atoms with Gasteiger partial charge >= 0.3 is 0 Å². The number of hydrogen-bond acceptors (Lipinski definition) is 7. The fourth-order valence-corrected chi connectivity index (χ4v) is 4.19. The molecule has 6 nitrogen and oxygen atoms in total. The molecule has 3 aromatic rings. The van der Waals surface area contributed by atoms with Gasteiger partial charge in [-0.25, -0.2) is 15.0 Å². The highest BCUT2D eigenvalue weighted by atomic mass is 32.2. The first-order valence-electron chi connectivity index (χ1n) is 9.46. The fraction of sp³-hybridized carbons (Fsp3) is 0.333. The van der Waals surface area contributed by atoms with Gasteiger partial charge in [0.2, 0.25) is 5.91 Å². The van der Waals surface area contributed by atoms with Gasteiger partial charge in [0.15, 0.2) is 10.3 Å². The summed E-state index contributed by atoms with van der Waals surface area (Å²) >= 11 is 2.84. The van der Waals surface area contributed by atoms with Gasteiger partial charge in [-0.2, -0.15) is 0 Å². The predicted molar refractivity (Wildman–Crippen MR) is 118 cm³/mol. The number of nitrogens with zero attached hydrogens (tertiary/aromatic N) is 3. The second kappa shape index (κ2) is 10.4. The maximum Gasteiger partial charge on any atom is 0.236 e. The molecule has 0 atom stereocenters. The lowest BCUT2D eigenvalue weighted by Gasteiger charge is -2.05. The van der Waals surface area contributed by atoms with E-state index in [1.807, 2.05) is 30.3 Å². The van der Waals surface area contributed by atoms with E-state index >= 15 is 0 Å². The van der Waals surface area contributed by atoms with E-state index in [4.69, 9.17) is 4.74 Å². The third-order valence-electron chi connectivity index (χ3n) is 4.21. The van der Waals surface area contributed by atoms with Gasteiger partial charge in [-0.15, -0.1) is 11.3 Å². The Labute approximate surface area is 179 Å². The number of amides is 1. The molecule has 0 saturated heterocycles. The number of methoxy groups -OCH3 is 1. The molecule has 1 N–H and O–H groups in total. The van der Waals surface area contributed by atoms with Gasteiger partial charge in [0.1, 0.15) is 5.75 Å². The third-order valence-corrected chi connectivity index (χ3v) is 5.97. The van der Waals surface area contributed by atoms with Gasteiger partial charge in [0, 0.05) is 28.9 Å².